The van der Waals surface area contributed by atoms with Gasteiger partial charge in [0.1, 0.15) is 17.6 Å². The molecule has 1 aromatic carbocycles. The minimum atomic E-state index is -1.15. The number of phenolic OH excluding ortho intramolecular Hbond substituents is 1. The summed E-state index contributed by atoms with van der Waals surface area (Å²) in [6, 6.07) is 2.13. The van der Waals surface area contributed by atoms with Crippen molar-refractivity contribution < 1.29 is 19.4 Å². The van der Waals surface area contributed by atoms with Gasteiger partial charge in [-0.15, -0.1) is 0 Å². The second kappa shape index (κ2) is 4.75. The van der Waals surface area contributed by atoms with Crippen LogP contribution < -0.4 is 5.32 Å². The molecule has 0 bridgehead atoms. The molecule has 0 aliphatic carbocycles. The maximum atomic E-state index is 12.9. The predicted octanol–water partition coefficient (Wildman–Crippen LogP) is 1.27. The summed E-state index contributed by atoms with van der Waals surface area (Å²) in [7, 11) is 0. The zero-order valence-electron chi connectivity index (χ0n) is 8.20. The van der Waals surface area contributed by atoms with Crippen molar-refractivity contribution in [3.05, 3.63) is 29.6 Å². The van der Waals surface area contributed by atoms with Crippen molar-refractivity contribution >= 4 is 5.97 Å². The molecule has 1 unspecified atom stereocenters. The van der Waals surface area contributed by atoms with E-state index in [1.807, 2.05) is 0 Å². The second-order valence-corrected chi connectivity index (χ2v) is 3.03. The summed E-state index contributed by atoms with van der Waals surface area (Å²) in [5.74, 6) is -1.96. The van der Waals surface area contributed by atoms with E-state index in [0.717, 1.165) is 18.2 Å². The van der Waals surface area contributed by atoms with Crippen LogP contribution in [0.2, 0.25) is 0 Å². The van der Waals surface area contributed by atoms with Gasteiger partial charge in [0, 0.05) is 5.56 Å². The minimum absolute atomic E-state index is 0.0318. The van der Waals surface area contributed by atoms with Gasteiger partial charge in [0.05, 0.1) is 0 Å². The first-order chi connectivity index (χ1) is 7.06. The highest BCUT2D eigenvalue weighted by Gasteiger charge is 2.22. The number of rotatable bonds is 4. The molecule has 0 aliphatic heterocycles. The molecule has 1 atom stereocenters. The van der Waals surface area contributed by atoms with E-state index in [2.05, 4.69) is 5.32 Å². The lowest BCUT2D eigenvalue weighted by Gasteiger charge is -2.14. The number of aromatic hydroxyl groups is 1. The maximum Gasteiger partial charge on any atom is 0.325 e. The van der Waals surface area contributed by atoms with Crippen molar-refractivity contribution in [2.75, 3.05) is 6.54 Å². The molecule has 0 amide bonds. The lowest BCUT2D eigenvalue weighted by atomic mass is 10.1. The van der Waals surface area contributed by atoms with Crippen molar-refractivity contribution in [1.82, 2.24) is 5.32 Å². The molecule has 0 fully saturated rings. The van der Waals surface area contributed by atoms with Crippen LogP contribution in [0.5, 0.6) is 5.75 Å². The van der Waals surface area contributed by atoms with E-state index in [1.54, 1.807) is 6.92 Å². The largest absolute Gasteiger partial charge is 0.508 e. The van der Waals surface area contributed by atoms with Crippen LogP contribution in [0.3, 0.4) is 0 Å². The molecule has 0 saturated heterocycles. The lowest BCUT2D eigenvalue weighted by molar-refractivity contribution is -0.139. The number of likely N-dealkylation sites (N-methyl/N-ethyl adjacent to an activating group) is 1. The smallest absolute Gasteiger partial charge is 0.325 e. The minimum Gasteiger partial charge on any atom is -0.508 e. The molecule has 0 aromatic heterocycles. The van der Waals surface area contributed by atoms with Crippen molar-refractivity contribution in [2.45, 2.75) is 13.0 Å². The first kappa shape index (κ1) is 11.5. The second-order valence-electron chi connectivity index (χ2n) is 3.03. The summed E-state index contributed by atoms with van der Waals surface area (Å²) < 4.78 is 12.9. The average Bonchev–Trinajstić information content (AvgIpc) is 2.18. The Kier molecular flexibility index (Phi) is 3.62. The average molecular weight is 213 g/mol. The first-order valence-electron chi connectivity index (χ1n) is 4.51. The molecule has 1 rings (SSSR count). The van der Waals surface area contributed by atoms with Crippen molar-refractivity contribution in [1.29, 1.82) is 0 Å². The number of hydrogen-bond acceptors (Lipinski definition) is 3. The summed E-state index contributed by atoms with van der Waals surface area (Å²) in [4.78, 5) is 10.9. The topological polar surface area (TPSA) is 69.6 Å². The van der Waals surface area contributed by atoms with Crippen LogP contribution in [0.25, 0.3) is 0 Å². The van der Waals surface area contributed by atoms with Gasteiger partial charge in [-0.1, -0.05) is 6.92 Å². The van der Waals surface area contributed by atoms with Gasteiger partial charge >= 0.3 is 5.97 Å². The molecule has 0 saturated carbocycles. The van der Waals surface area contributed by atoms with E-state index in [4.69, 9.17) is 5.11 Å². The normalized spacial score (nSPS) is 12.4. The zero-order valence-corrected chi connectivity index (χ0v) is 8.20. The number of carboxylic acid groups (broad SMARTS) is 1. The van der Waals surface area contributed by atoms with E-state index in [0.29, 0.717) is 6.54 Å². The van der Waals surface area contributed by atoms with Gasteiger partial charge in [0.25, 0.3) is 0 Å². The summed E-state index contributed by atoms with van der Waals surface area (Å²) in [5.41, 5.74) is 0.0318. The molecule has 15 heavy (non-hydrogen) atoms. The highest BCUT2D eigenvalue weighted by molar-refractivity contribution is 5.76. The fourth-order valence-electron chi connectivity index (χ4n) is 1.29. The van der Waals surface area contributed by atoms with Gasteiger partial charge in [-0.3, -0.25) is 4.79 Å². The number of carboxylic acids is 1. The number of nitrogens with one attached hydrogen (secondary N) is 1. The Hall–Kier alpha value is -1.62. The SMILES string of the molecule is CCNC(C(=O)O)c1cc(F)ccc1O. The maximum absolute atomic E-state index is 12.9. The van der Waals surface area contributed by atoms with E-state index < -0.39 is 17.8 Å². The quantitative estimate of drug-likeness (QED) is 0.704. The highest BCUT2D eigenvalue weighted by Crippen LogP contribution is 2.25. The number of hydrogen-bond donors (Lipinski definition) is 3. The third-order valence-corrected chi connectivity index (χ3v) is 1.96. The van der Waals surface area contributed by atoms with Gasteiger partial charge < -0.3 is 15.5 Å². The van der Waals surface area contributed by atoms with E-state index in [-0.39, 0.29) is 11.3 Å². The van der Waals surface area contributed by atoms with Gasteiger partial charge in [-0.25, -0.2) is 4.39 Å². The summed E-state index contributed by atoms with van der Waals surface area (Å²) >= 11 is 0. The Labute approximate surface area is 86.4 Å². The van der Waals surface area contributed by atoms with Gasteiger partial charge in [0.15, 0.2) is 0 Å². The van der Waals surface area contributed by atoms with Crippen LogP contribution in [0.15, 0.2) is 18.2 Å². The number of phenols is 1. The summed E-state index contributed by atoms with van der Waals surface area (Å²) in [6.45, 7) is 2.14. The van der Waals surface area contributed by atoms with E-state index in [9.17, 15) is 14.3 Å². The molecular weight excluding hydrogens is 201 g/mol. The summed E-state index contributed by atoms with van der Waals surface area (Å²) in [6.07, 6.45) is 0. The summed E-state index contributed by atoms with van der Waals surface area (Å²) in [5, 5.41) is 20.9. The standard InChI is InChI=1S/C10H12FNO3/c1-2-12-9(10(14)15)7-5-6(11)3-4-8(7)13/h3-5,9,12-13H,2H2,1H3,(H,14,15). The Bertz CT molecular complexity index is 368. The third-order valence-electron chi connectivity index (χ3n) is 1.96. The molecule has 1 aromatic rings. The van der Waals surface area contributed by atoms with Gasteiger partial charge in [-0.05, 0) is 24.7 Å². The number of benzene rings is 1. The van der Waals surface area contributed by atoms with Crippen molar-refractivity contribution in [3.63, 3.8) is 0 Å². The fraction of sp³-hybridized carbons (Fsp3) is 0.300. The molecule has 0 radical (unpaired) electrons. The monoisotopic (exact) mass is 213 g/mol. The third kappa shape index (κ3) is 2.66. The van der Waals surface area contributed by atoms with Crippen LogP contribution in [0.4, 0.5) is 4.39 Å². The van der Waals surface area contributed by atoms with Crippen LogP contribution in [0.1, 0.15) is 18.5 Å². The Morgan fingerprint density at radius 2 is 2.27 bits per heavy atom. The number of carbonyl (C=O) groups is 1. The Morgan fingerprint density at radius 1 is 1.60 bits per heavy atom. The Balaban J connectivity index is 3.09. The zero-order chi connectivity index (χ0) is 11.4. The Morgan fingerprint density at radius 3 is 2.80 bits per heavy atom. The van der Waals surface area contributed by atoms with E-state index in [1.165, 1.54) is 0 Å². The molecule has 0 spiro atoms. The van der Waals surface area contributed by atoms with Crippen LogP contribution in [-0.2, 0) is 4.79 Å². The molecule has 0 aliphatic rings. The van der Waals surface area contributed by atoms with Gasteiger partial charge in [-0.2, -0.15) is 0 Å². The molecule has 5 heteroatoms. The number of aliphatic carboxylic acids is 1. The van der Waals surface area contributed by atoms with Crippen molar-refractivity contribution in [3.8, 4) is 5.75 Å². The molecule has 3 N–H and O–H groups in total. The highest BCUT2D eigenvalue weighted by atomic mass is 19.1. The lowest BCUT2D eigenvalue weighted by Crippen LogP contribution is -2.28. The number of halogens is 1. The first-order valence-corrected chi connectivity index (χ1v) is 4.51. The van der Waals surface area contributed by atoms with Crippen LogP contribution in [0, 0.1) is 5.82 Å². The molecule has 82 valence electrons. The van der Waals surface area contributed by atoms with Crippen LogP contribution >= 0.6 is 0 Å². The molecule has 4 nitrogen and oxygen atoms in total. The molecule has 0 heterocycles. The predicted molar refractivity (Wildman–Crippen MR) is 52.1 cm³/mol. The van der Waals surface area contributed by atoms with Crippen LogP contribution in [-0.4, -0.2) is 22.7 Å². The molecular formula is C10H12FNO3. The van der Waals surface area contributed by atoms with Gasteiger partial charge in [0.2, 0.25) is 0 Å². The van der Waals surface area contributed by atoms with Crippen molar-refractivity contribution in [2.24, 2.45) is 0 Å². The fourth-order valence-corrected chi connectivity index (χ4v) is 1.29. The van der Waals surface area contributed by atoms with E-state index >= 15 is 0 Å².